The second-order valence-electron chi connectivity index (χ2n) is 4.43. The van der Waals surface area contributed by atoms with Crippen LogP contribution in [0.25, 0.3) is 0 Å². The van der Waals surface area contributed by atoms with Gasteiger partial charge in [0.2, 0.25) is 0 Å². The maximum atomic E-state index is 5.73. The van der Waals surface area contributed by atoms with Crippen molar-refractivity contribution in [2.45, 2.75) is 33.6 Å². The average molecular weight is 260 g/mol. The van der Waals surface area contributed by atoms with Gasteiger partial charge in [-0.1, -0.05) is 12.1 Å². The van der Waals surface area contributed by atoms with Gasteiger partial charge in [0.25, 0.3) is 0 Å². The van der Waals surface area contributed by atoms with Crippen LogP contribution in [0.1, 0.15) is 23.9 Å². The summed E-state index contributed by atoms with van der Waals surface area (Å²) in [6.07, 6.45) is 0. The first kappa shape index (κ1) is 13.6. The number of aromatic nitrogens is 2. The smallest absolute Gasteiger partial charge is 0.118 e. The molecular weight excluding hydrogens is 240 g/mol. The molecule has 0 aliphatic heterocycles. The summed E-state index contributed by atoms with van der Waals surface area (Å²) in [6, 6.07) is 9.98. The molecule has 0 saturated carbocycles. The molecule has 0 aliphatic carbocycles. The number of hydrogen-bond donors (Lipinski definition) is 0. The van der Waals surface area contributed by atoms with Gasteiger partial charge in [0, 0.05) is 6.54 Å². The fourth-order valence-corrected chi connectivity index (χ4v) is 1.98. The Morgan fingerprint density at radius 3 is 2.53 bits per heavy atom. The van der Waals surface area contributed by atoms with Crippen LogP contribution in [-0.4, -0.2) is 16.9 Å². The van der Waals surface area contributed by atoms with Crippen molar-refractivity contribution < 1.29 is 9.47 Å². The van der Waals surface area contributed by atoms with Crippen molar-refractivity contribution in [2.24, 2.45) is 0 Å². The molecule has 2 aromatic rings. The summed E-state index contributed by atoms with van der Waals surface area (Å²) >= 11 is 0. The summed E-state index contributed by atoms with van der Waals surface area (Å²) in [6.45, 7) is 6.13. The van der Waals surface area contributed by atoms with Crippen molar-refractivity contribution in [3.05, 3.63) is 47.3 Å². The molecule has 102 valence electrons. The minimum absolute atomic E-state index is 0.584. The van der Waals surface area contributed by atoms with E-state index in [-0.39, 0.29) is 0 Å². The predicted molar refractivity (Wildman–Crippen MR) is 74.1 cm³/mol. The molecule has 0 saturated heterocycles. The van der Waals surface area contributed by atoms with Crippen LogP contribution in [-0.2, 0) is 24.5 Å². The zero-order valence-electron chi connectivity index (χ0n) is 11.7. The lowest BCUT2D eigenvalue weighted by molar-refractivity contribution is 0.101. The summed E-state index contributed by atoms with van der Waals surface area (Å²) in [5.74, 6) is 0.864. The maximum Gasteiger partial charge on any atom is 0.118 e. The van der Waals surface area contributed by atoms with Crippen LogP contribution in [0.2, 0.25) is 0 Å². The lowest BCUT2D eigenvalue weighted by atomic mass is 10.2. The molecule has 0 aliphatic rings. The first-order chi connectivity index (χ1) is 9.22. The van der Waals surface area contributed by atoms with E-state index in [0.29, 0.717) is 13.2 Å². The Morgan fingerprint density at radius 2 is 1.89 bits per heavy atom. The van der Waals surface area contributed by atoms with Crippen LogP contribution in [0.3, 0.4) is 0 Å². The first-order valence-electron chi connectivity index (χ1n) is 6.47. The van der Waals surface area contributed by atoms with E-state index in [2.05, 4.69) is 18.1 Å². The van der Waals surface area contributed by atoms with E-state index in [9.17, 15) is 0 Å². The molecule has 1 aromatic carbocycles. The van der Waals surface area contributed by atoms with E-state index in [1.807, 2.05) is 35.9 Å². The molecule has 0 amide bonds. The largest absolute Gasteiger partial charge is 0.497 e. The number of methoxy groups -OCH3 is 1. The van der Waals surface area contributed by atoms with Gasteiger partial charge in [-0.05, 0) is 37.6 Å². The molecule has 4 nitrogen and oxygen atoms in total. The minimum Gasteiger partial charge on any atom is -0.497 e. The highest BCUT2D eigenvalue weighted by atomic mass is 16.5. The summed E-state index contributed by atoms with van der Waals surface area (Å²) in [4.78, 5) is 0. The van der Waals surface area contributed by atoms with Crippen LogP contribution in [0.15, 0.2) is 30.3 Å². The SMILES string of the molecule is CCn1nc(C)cc1COCc1ccc(OC)cc1. The third-order valence-corrected chi connectivity index (χ3v) is 2.96. The van der Waals surface area contributed by atoms with Gasteiger partial charge < -0.3 is 9.47 Å². The monoisotopic (exact) mass is 260 g/mol. The molecule has 0 spiro atoms. The van der Waals surface area contributed by atoms with Crippen molar-refractivity contribution in [1.29, 1.82) is 0 Å². The van der Waals surface area contributed by atoms with E-state index < -0.39 is 0 Å². The van der Waals surface area contributed by atoms with E-state index in [4.69, 9.17) is 9.47 Å². The fourth-order valence-electron chi connectivity index (χ4n) is 1.98. The highest BCUT2D eigenvalue weighted by Crippen LogP contribution is 2.13. The lowest BCUT2D eigenvalue weighted by Gasteiger charge is -2.07. The van der Waals surface area contributed by atoms with Gasteiger partial charge in [0.1, 0.15) is 5.75 Å². The first-order valence-corrected chi connectivity index (χ1v) is 6.47. The van der Waals surface area contributed by atoms with Gasteiger partial charge >= 0.3 is 0 Å². The summed E-state index contributed by atoms with van der Waals surface area (Å²) < 4.78 is 12.8. The summed E-state index contributed by atoms with van der Waals surface area (Å²) in [7, 11) is 1.67. The van der Waals surface area contributed by atoms with Gasteiger partial charge in [0.05, 0.1) is 31.7 Å². The van der Waals surface area contributed by atoms with Gasteiger partial charge in [-0.2, -0.15) is 5.10 Å². The Hall–Kier alpha value is -1.81. The van der Waals surface area contributed by atoms with E-state index in [0.717, 1.165) is 29.2 Å². The number of nitrogens with zero attached hydrogens (tertiary/aromatic N) is 2. The zero-order chi connectivity index (χ0) is 13.7. The Balaban J connectivity index is 1.88. The standard InChI is InChI=1S/C15H20N2O2/c1-4-17-14(9-12(2)16-17)11-19-10-13-5-7-15(18-3)8-6-13/h5-9H,4,10-11H2,1-3H3. The second kappa shape index (κ2) is 6.38. The molecular formula is C15H20N2O2. The Labute approximate surface area is 114 Å². The Kier molecular flexibility index (Phi) is 4.58. The quantitative estimate of drug-likeness (QED) is 0.801. The van der Waals surface area contributed by atoms with E-state index in [1.165, 1.54) is 0 Å². The van der Waals surface area contributed by atoms with Crippen LogP contribution in [0.4, 0.5) is 0 Å². The summed E-state index contributed by atoms with van der Waals surface area (Å²) in [5.41, 5.74) is 3.29. The number of hydrogen-bond acceptors (Lipinski definition) is 3. The predicted octanol–water partition coefficient (Wildman–Crippen LogP) is 2.94. The van der Waals surface area contributed by atoms with E-state index >= 15 is 0 Å². The van der Waals surface area contributed by atoms with Crippen molar-refractivity contribution >= 4 is 0 Å². The Morgan fingerprint density at radius 1 is 1.16 bits per heavy atom. The number of ether oxygens (including phenoxy) is 2. The fraction of sp³-hybridized carbons (Fsp3) is 0.400. The van der Waals surface area contributed by atoms with Crippen molar-refractivity contribution in [2.75, 3.05) is 7.11 Å². The molecule has 0 bridgehead atoms. The highest BCUT2D eigenvalue weighted by molar-refractivity contribution is 5.26. The third kappa shape index (κ3) is 3.58. The third-order valence-electron chi connectivity index (χ3n) is 2.96. The molecule has 1 aromatic heterocycles. The van der Waals surface area contributed by atoms with Crippen LogP contribution >= 0.6 is 0 Å². The van der Waals surface area contributed by atoms with Crippen LogP contribution in [0.5, 0.6) is 5.75 Å². The normalized spacial score (nSPS) is 10.7. The molecule has 2 rings (SSSR count). The summed E-state index contributed by atoms with van der Waals surface area (Å²) in [5, 5.41) is 4.40. The average Bonchev–Trinajstić information content (AvgIpc) is 2.80. The number of aryl methyl sites for hydroxylation is 2. The van der Waals surface area contributed by atoms with Crippen LogP contribution in [0, 0.1) is 6.92 Å². The lowest BCUT2D eigenvalue weighted by Crippen LogP contribution is -2.04. The van der Waals surface area contributed by atoms with Gasteiger partial charge in [-0.15, -0.1) is 0 Å². The minimum atomic E-state index is 0.584. The highest BCUT2D eigenvalue weighted by Gasteiger charge is 2.04. The topological polar surface area (TPSA) is 36.3 Å². The van der Waals surface area contributed by atoms with Crippen molar-refractivity contribution in [3.63, 3.8) is 0 Å². The molecule has 4 heteroatoms. The molecule has 1 heterocycles. The molecule has 0 radical (unpaired) electrons. The van der Waals surface area contributed by atoms with Crippen molar-refractivity contribution in [3.8, 4) is 5.75 Å². The van der Waals surface area contributed by atoms with E-state index in [1.54, 1.807) is 7.11 Å². The zero-order valence-corrected chi connectivity index (χ0v) is 11.7. The molecule has 0 unspecified atom stereocenters. The van der Waals surface area contributed by atoms with Crippen molar-refractivity contribution in [1.82, 2.24) is 9.78 Å². The van der Waals surface area contributed by atoms with Gasteiger partial charge in [0.15, 0.2) is 0 Å². The van der Waals surface area contributed by atoms with Gasteiger partial charge in [-0.3, -0.25) is 4.68 Å². The molecule has 0 N–H and O–H groups in total. The second-order valence-corrected chi connectivity index (χ2v) is 4.43. The number of rotatable bonds is 6. The molecule has 19 heavy (non-hydrogen) atoms. The number of benzene rings is 1. The molecule has 0 fully saturated rings. The maximum absolute atomic E-state index is 5.73. The van der Waals surface area contributed by atoms with Crippen LogP contribution < -0.4 is 4.74 Å². The molecule has 0 atom stereocenters. The van der Waals surface area contributed by atoms with Gasteiger partial charge in [-0.25, -0.2) is 0 Å². The Bertz CT molecular complexity index is 517.